The smallest absolute Gasteiger partial charge is 0.871 e. The van der Waals surface area contributed by atoms with E-state index in [1.165, 1.54) is 55.8 Å². The summed E-state index contributed by atoms with van der Waals surface area (Å²) in [6.45, 7) is 5.84. The largest absolute Gasteiger partial charge is 2.00 e. The van der Waals surface area contributed by atoms with E-state index in [0.29, 0.717) is 21.1 Å². The SMILES string of the molecule is F[B-](F)(F)F.F[B-](F)(F)F.[O-]c1c(C[NH+]2CCSCCSCCSCC2)cc(Cl)c2cccnc12.[O-]c1c(C[NH+]2CCSCCSCCSCC2)cc(Cl)c2cccnc12.[OH3+].[Zn+2]. The van der Waals surface area contributed by atoms with Crippen LogP contribution in [-0.4, -0.2) is 120 Å². The number of thioether (sulfide) groups is 6. The van der Waals surface area contributed by atoms with Crippen LogP contribution in [0, 0.1) is 0 Å². The maximum absolute atomic E-state index is 12.8. The number of aromatic nitrogens is 2. The molecule has 26 heteroatoms. The standard InChI is InChI=1S/2C18H23ClN2OS3.2BF4.H2O.Zn/c2*19-16-12-14(18(22)17-15(16)2-1-3-20-17)13-21-4-6-23-8-10-25-11-9-24-7-5-21;2*2-1(3,4)5;;/h2*1-3,12,22H,4-11,13H2;;;1H2;/q;;2*-1;;+2/p+1. The van der Waals surface area contributed by atoms with E-state index in [-0.39, 0.29) is 36.5 Å². The monoisotopic (exact) mass is 1090 g/mol. The first-order valence-corrected chi connectivity index (χ1v) is 26.5. The van der Waals surface area contributed by atoms with Gasteiger partial charge in [-0.2, -0.15) is 70.6 Å². The number of fused-ring (bicyclic) bond motifs is 2. The maximum Gasteiger partial charge on any atom is 2.00 e. The Balaban J connectivity index is 0.000000496. The molecule has 2 saturated heterocycles. The van der Waals surface area contributed by atoms with E-state index in [1.807, 2.05) is 83.4 Å². The predicted octanol–water partition coefficient (Wildman–Crippen LogP) is 6.80. The van der Waals surface area contributed by atoms with E-state index in [2.05, 4.69) is 33.5 Å². The minimum Gasteiger partial charge on any atom is -0.871 e. The Bertz CT molecular complexity index is 1710. The van der Waals surface area contributed by atoms with Gasteiger partial charge >= 0.3 is 34.0 Å². The second-order valence-electron chi connectivity index (χ2n) is 13.0. The molecule has 2 aromatic heterocycles. The van der Waals surface area contributed by atoms with Crippen LogP contribution in [0.5, 0.6) is 11.5 Å². The van der Waals surface area contributed by atoms with Crippen molar-refractivity contribution < 1.29 is 79.5 Å². The van der Waals surface area contributed by atoms with Crippen molar-refractivity contribution in [2.45, 2.75) is 13.1 Å². The van der Waals surface area contributed by atoms with Gasteiger partial charge in [-0.25, -0.2) is 0 Å². The van der Waals surface area contributed by atoms with Gasteiger partial charge < -0.3 is 60.0 Å². The van der Waals surface area contributed by atoms with Gasteiger partial charge in [-0.1, -0.05) is 34.7 Å². The fourth-order valence-corrected chi connectivity index (χ4v) is 13.1. The quantitative estimate of drug-likeness (QED) is 0.129. The van der Waals surface area contributed by atoms with Crippen LogP contribution in [-0.2, 0) is 38.0 Å². The van der Waals surface area contributed by atoms with Crippen molar-refractivity contribution in [3.8, 4) is 11.5 Å². The van der Waals surface area contributed by atoms with Crippen LogP contribution >= 0.6 is 93.8 Å². The zero-order valence-corrected chi connectivity index (χ0v) is 43.1. The molecular formula is C36H49B2Cl2F8N4O3S6Zn+. The first kappa shape index (κ1) is 59.6. The average molecular weight is 1090 g/mol. The maximum atomic E-state index is 12.8. The molecular weight excluding hydrogens is 1040 g/mol. The Labute approximate surface area is 406 Å². The minimum absolute atomic E-state index is 0. The van der Waals surface area contributed by atoms with E-state index < -0.39 is 14.5 Å². The summed E-state index contributed by atoms with van der Waals surface area (Å²) in [6.07, 6.45) is 3.33. The van der Waals surface area contributed by atoms with Crippen LogP contribution in [0.3, 0.4) is 0 Å². The fraction of sp³-hybridized carbons (Fsp3) is 0.500. The number of nitrogens with zero attached hydrogens (tertiary/aromatic N) is 2. The Hall–Kier alpha value is -0.387. The molecule has 0 unspecified atom stereocenters. The summed E-state index contributed by atoms with van der Waals surface area (Å²) >= 11 is 25.0. The normalized spacial score (nSPS) is 16.9. The summed E-state index contributed by atoms with van der Waals surface area (Å²) in [4.78, 5) is 11.5. The van der Waals surface area contributed by atoms with Gasteiger partial charge in [0.25, 0.3) is 0 Å². The third-order valence-electron chi connectivity index (χ3n) is 8.51. The molecule has 2 aliphatic heterocycles. The minimum atomic E-state index is -6.00. The zero-order chi connectivity index (χ0) is 44.0. The number of hydrogen-bond acceptors (Lipinski definition) is 10. The van der Waals surface area contributed by atoms with Gasteiger partial charge in [0.15, 0.2) is 0 Å². The number of hydrogen-bond donors (Lipinski definition) is 2. The molecule has 7 nitrogen and oxygen atoms in total. The Morgan fingerprint density at radius 1 is 0.516 bits per heavy atom. The molecule has 0 radical (unpaired) electrons. The molecule has 4 heterocycles. The summed E-state index contributed by atoms with van der Waals surface area (Å²) in [6, 6.07) is 11.1. The van der Waals surface area contributed by atoms with E-state index in [1.54, 1.807) is 12.4 Å². The van der Waals surface area contributed by atoms with Gasteiger partial charge in [-0.05, 0) is 36.4 Å². The third-order valence-corrected chi connectivity index (χ3v) is 16.1. The number of pyridine rings is 2. The van der Waals surface area contributed by atoms with Crippen LogP contribution in [0.4, 0.5) is 34.5 Å². The summed E-state index contributed by atoms with van der Waals surface area (Å²) in [7, 11) is -12.0. The van der Waals surface area contributed by atoms with Crippen molar-refractivity contribution in [3.63, 3.8) is 0 Å². The van der Waals surface area contributed by atoms with Gasteiger partial charge in [0.1, 0.15) is 13.1 Å². The molecule has 0 saturated carbocycles. The molecule has 6 rings (SSSR count). The second-order valence-corrected chi connectivity index (χ2v) is 21.2. The molecule has 4 aromatic rings. The van der Waals surface area contributed by atoms with Crippen LogP contribution in [0.15, 0.2) is 48.8 Å². The van der Waals surface area contributed by atoms with E-state index >= 15 is 0 Å². The van der Waals surface area contributed by atoms with Gasteiger partial charge in [0, 0.05) is 103 Å². The van der Waals surface area contributed by atoms with Gasteiger partial charge in [0.05, 0.1) is 47.3 Å². The average Bonchev–Trinajstić information content (AvgIpc) is 3.17. The molecule has 2 aromatic carbocycles. The summed E-state index contributed by atoms with van der Waals surface area (Å²) < 4.78 is 78.0. The summed E-state index contributed by atoms with van der Waals surface area (Å²) in [5.41, 5.74) is 2.59. The van der Waals surface area contributed by atoms with Crippen LogP contribution in [0.1, 0.15) is 11.1 Å². The van der Waals surface area contributed by atoms with Crippen LogP contribution in [0.25, 0.3) is 21.8 Å². The molecule has 2 fully saturated rings. The molecule has 5 N–H and O–H groups in total. The number of rotatable bonds is 4. The first-order valence-electron chi connectivity index (χ1n) is 18.9. The first-order chi connectivity index (χ1) is 28.5. The predicted molar refractivity (Wildman–Crippen MR) is 250 cm³/mol. The van der Waals surface area contributed by atoms with Crippen LogP contribution < -0.4 is 20.0 Å². The molecule has 0 aliphatic carbocycles. The third kappa shape index (κ3) is 25.5. The number of halogens is 10. The molecule has 0 spiro atoms. The molecule has 0 amide bonds. The van der Waals surface area contributed by atoms with Crippen LogP contribution in [0.2, 0.25) is 10.0 Å². The molecule has 62 heavy (non-hydrogen) atoms. The Morgan fingerprint density at radius 3 is 1.05 bits per heavy atom. The topological polar surface area (TPSA) is 114 Å². The Morgan fingerprint density at radius 2 is 0.774 bits per heavy atom. The van der Waals surface area contributed by atoms with Crippen molar-refractivity contribution in [1.29, 1.82) is 0 Å². The fourth-order valence-electron chi connectivity index (χ4n) is 5.81. The molecule has 344 valence electrons. The van der Waals surface area contributed by atoms with Gasteiger partial charge in [-0.3, -0.25) is 9.97 Å². The molecule has 0 atom stereocenters. The zero-order valence-electron chi connectivity index (χ0n) is 33.7. The van der Waals surface area contributed by atoms with Crippen molar-refractivity contribution in [2.24, 2.45) is 0 Å². The number of benzene rings is 2. The van der Waals surface area contributed by atoms with E-state index in [0.717, 1.165) is 84.2 Å². The summed E-state index contributed by atoms with van der Waals surface area (Å²) in [5, 5.41) is 28.3. The molecule has 0 bridgehead atoms. The van der Waals surface area contributed by atoms with E-state index in [4.69, 9.17) is 23.2 Å². The Kier molecular flexibility index (Phi) is 31.1. The van der Waals surface area contributed by atoms with Gasteiger partial charge in [-0.15, -0.1) is 0 Å². The van der Waals surface area contributed by atoms with Gasteiger partial charge in [0.2, 0.25) is 0 Å². The number of nitrogens with one attached hydrogen (secondary N) is 2. The summed E-state index contributed by atoms with van der Waals surface area (Å²) in [5.74, 6) is 14.5. The van der Waals surface area contributed by atoms with Crippen molar-refractivity contribution in [1.82, 2.24) is 9.97 Å². The number of quaternary nitrogens is 2. The van der Waals surface area contributed by atoms with Crippen molar-refractivity contribution >= 4 is 130 Å². The van der Waals surface area contributed by atoms with E-state index in [9.17, 15) is 44.7 Å². The van der Waals surface area contributed by atoms with Crippen molar-refractivity contribution in [3.05, 3.63) is 70.0 Å². The molecule has 2 aliphatic rings. The second kappa shape index (κ2) is 32.3. The van der Waals surface area contributed by atoms with Crippen molar-refractivity contribution in [2.75, 3.05) is 95.2 Å².